The number of aliphatic carboxylic acids is 1. The Morgan fingerprint density at radius 1 is 1.13 bits per heavy atom. The SMILES string of the molecule is CCCCCCCC[C@H](NC(=O)c1cccc(F)c1F)C(=O)O. The number of carboxylic acid groups (broad SMARTS) is 1. The van der Waals surface area contributed by atoms with E-state index in [1.807, 2.05) is 0 Å². The molecule has 0 bridgehead atoms. The molecule has 0 radical (unpaired) electrons. The molecule has 0 aliphatic heterocycles. The van der Waals surface area contributed by atoms with Crippen molar-refractivity contribution in [2.45, 2.75) is 57.9 Å². The summed E-state index contributed by atoms with van der Waals surface area (Å²) < 4.78 is 26.7. The molecule has 1 atom stereocenters. The van der Waals surface area contributed by atoms with Crippen LogP contribution in [0.4, 0.5) is 8.78 Å². The molecule has 0 saturated carbocycles. The lowest BCUT2D eigenvalue weighted by molar-refractivity contribution is -0.139. The summed E-state index contributed by atoms with van der Waals surface area (Å²) in [6, 6.07) is 2.13. The number of carbonyl (C=O) groups is 2. The number of benzene rings is 1. The topological polar surface area (TPSA) is 66.4 Å². The summed E-state index contributed by atoms with van der Waals surface area (Å²) in [6.45, 7) is 2.11. The third kappa shape index (κ3) is 6.34. The lowest BCUT2D eigenvalue weighted by Crippen LogP contribution is -2.41. The van der Waals surface area contributed by atoms with Gasteiger partial charge in [-0.2, -0.15) is 0 Å². The number of nitrogens with one attached hydrogen (secondary N) is 1. The third-order valence-electron chi connectivity index (χ3n) is 3.65. The van der Waals surface area contributed by atoms with Gasteiger partial charge in [0.2, 0.25) is 0 Å². The van der Waals surface area contributed by atoms with E-state index < -0.39 is 35.1 Å². The number of carboxylic acids is 1. The summed E-state index contributed by atoms with van der Waals surface area (Å²) in [5.41, 5.74) is -0.487. The number of amides is 1. The summed E-state index contributed by atoms with van der Waals surface area (Å²) in [6.07, 6.45) is 6.22. The first-order valence-corrected chi connectivity index (χ1v) is 7.95. The largest absolute Gasteiger partial charge is 0.480 e. The first-order chi connectivity index (χ1) is 11.0. The first kappa shape index (κ1) is 19.1. The van der Waals surface area contributed by atoms with Gasteiger partial charge in [-0.15, -0.1) is 0 Å². The van der Waals surface area contributed by atoms with Gasteiger partial charge in [0.15, 0.2) is 11.6 Å². The molecule has 2 N–H and O–H groups in total. The molecule has 0 spiro atoms. The fourth-order valence-electron chi connectivity index (χ4n) is 2.30. The quantitative estimate of drug-likeness (QED) is 0.641. The lowest BCUT2D eigenvalue weighted by Gasteiger charge is -2.15. The van der Waals surface area contributed by atoms with Crippen LogP contribution in [-0.4, -0.2) is 23.0 Å². The van der Waals surface area contributed by atoms with Gasteiger partial charge in [-0.25, -0.2) is 13.6 Å². The number of hydrogen-bond acceptors (Lipinski definition) is 2. The summed E-state index contributed by atoms with van der Waals surface area (Å²) in [4.78, 5) is 23.1. The molecule has 0 fully saturated rings. The fraction of sp³-hybridized carbons (Fsp3) is 0.529. The van der Waals surface area contributed by atoms with Crippen molar-refractivity contribution in [1.82, 2.24) is 5.32 Å². The average molecular weight is 327 g/mol. The molecule has 6 heteroatoms. The molecule has 23 heavy (non-hydrogen) atoms. The maximum absolute atomic E-state index is 13.5. The highest BCUT2D eigenvalue weighted by molar-refractivity contribution is 5.96. The van der Waals surface area contributed by atoms with E-state index in [-0.39, 0.29) is 6.42 Å². The molecule has 0 heterocycles. The zero-order valence-corrected chi connectivity index (χ0v) is 13.3. The Kier molecular flexibility index (Phi) is 8.22. The van der Waals surface area contributed by atoms with Crippen molar-refractivity contribution >= 4 is 11.9 Å². The van der Waals surface area contributed by atoms with Crippen molar-refractivity contribution < 1.29 is 23.5 Å². The molecule has 1 rings (SSSR count). The van der Waals surface area contributed by atoms with Crippen LogP contribution in [0.25, 0.3) is 0 Å². The lowest BCUT2D eigenvalue weighted by atomic mass is 10.1. The van der Waals surface area contributed by atoms with E-state index in [0.717, 1.165) is 44.2 Å². The number of unbranched alkanes of at least 4 members (excludes halogenated alkanes) is 5. The van der Waals surface area contributed by atoms with Crippen molar-refractivity contribution in [3.8, 4) is 0 Å². The average Bonchev–Trinajstić information content (AvgIpc) is 2.51. The molecular weight excluding hydrogens is 304 g/mol. The van der Waals surface area contributed by atoms with Crippen molar-refractivity contribution in [3.63, 3.8) is 0 Å². The molecule has 0 unspecified atom stereocenters. The molecular formula is C17H23F2NO3. The Hall–Kier alpha value is -1.98. The van der Waals surface area contributed by atoms with E-state index in [0.29, 0.717) is 6.42 Å². The van der Waals surface area contributed by atoms with Gasteiger partial charge in [0.25, 0.3) is 5.91 Å². The van der Waals surface area contributed by atoms with Crippen LogP contribution in [0.1, 0.15) is 62.2 Å². The van der Waals surface area contributed by atoms with Gasteiger partial charge in [0.1, 0.15) is 6.04 Å². The Balaban J connectivity index is 2.53. The van der Waals surface area contributed by atoms with E-state index in [2.05, 4.69) is 12.2 Å². The molecule has 128 valence electrons. The number of rotatable bonds is 10. The first-order valence-electron chi connectivity index (χ1n) is 7.95. The van der Waals surface area contributed by atoms with Crippen LogP contribution >= 0.6 is 0 Å². The number of hydrogen-bond donors (Lipinski definition) is 2. The van der Waals surface area contributed by atoms with Gasteiger partial charge in [-0.3, -0.25) is 4.79 Å². The summed E-state index contributed by atoms with van der Waals surface area (Å²) in [5.74, 6) is -4.50. The predicted octanol–water partition coefficient (Wildman–Crippen LogP) is 3.90. The van der Waals surface area contributed by atoms with Crippen molar-refractivity contribution in [2.24, 2.45) is 0 Å². The van der Waals surface area contributed by atoms with Crippen LogP contribution < -0.4 is 5.32 Å². The fourth-order valence-corrected chi connectivity index (χ4v) is 2.30. The molecule has 0 saturated heterocycles. The zero-order chi connectivity index (χ0) is 17.2. The predicted molar refractivity (Wildman–Crippen MR) is 83.2 cm³/mol. The third-order valence-corrected chi connectivity index (χ3v) is 3.65. The van der Waals surface area contributed by atoms with E-state index in [4.69, 9.17) is 5.11 Å². The smallest absolute Gasteiger partial charge is 0.326 e. The Labute approximate surface area is 134 Å². The Morgan fingerprint density at radius 2 is 1.78 bits per heavy atom. The number of halogens is 2. The van der Waals surface area contributed by atoms with Crippen LogP contribution in [0.5, 0.6) is 0 Å². The minimum absolute atomic E-state index is 0.268. The van der Waals surface area contributed by atoms with Gasteiger partial charge in [-0.05, 0) is 18.6 Å². The summed E-state index contributed by atoms with van der Waals surface area (Å²) in [5, 5.41) is 11.4. The van der Waals surface area contributed by atoms with E-state index in [1.165, 1.54) is 6.07 Å². The van der Waals surface area contributed by atoms with Gasteiger partial charge in [-0.1, -0.05) is 51.5 Å². The molecule has 0 aliphatic rings. The molecule has 0 aliphatic carbocycles. The Morgan fingerprint density at radius 3 is 2.43 bits per heavy atom. The van der Waals surface area contributed by atoms with Gasteiger partial charge in [0.05, 0.1) is 5.56 Å². The molecule has 1 aromatic carbocycles. The normalized spacial score (nSPS) is 12.0. The van der Waals surface area contributed by atoms with Crippen LogP contribution in [0.3, 0.4) is 0 Å². The maximum atomic E-state index is 13.5. The van der Waals surface area contributed by atoms with Gasteiger partial charge < -0.3 is 10.4 Å². The van der Waals surface area contributed by atoms with Crippen LogP contribution in [-0.2, 0) is 4.79 Å². The summed E-state index contributed by atoms with van der Waals surface area (Å²) in [7, 11) is 0. The van der Waals surface area contributed by atoms with Crippen molar-refractivity contribution in [1.29, 1.82) is 0 Å². The minimum atomic E-state index is -1.27. The second-order valence-electron chi connectivity index (χ2n) is 5.52. The standard InChI is InChI=1S/C17H23F2NO3/c1-2-3-4-5-6-7-11-14(17(22)23)20-16(21)12-9-8-10-13(18)15(12)19/h8-10,14H,2-7,11H2,1H3,(H,20,21)(H,22,23)/t14-/m0/s1. The highest BCUT2D eigenvalue weighted by Crippen LogP contribution is 2.13. The Bertz CT molecular complexity index is 535. The van der Waals surface area contributed by atoms with Crippen molar-refractivity contribution in [3.05, 3.63) is 35.4 Å². The summed E-state index contributed by atoms with van der Waals surface area (Å²) >= 11 is 0. The monoisotopic (exact) mass is 327 g/mol. The highest BCUT2D eigenvalue weighted by atomic mass is 19.2. The molecule has 1 amide bonds. The van der Waals surface area contributed by atoms with Gasteiger partial charge in [0, 0.05) is 0 Å². The van der Waals surface area contributed by atoms with Crippen molar-refractivity contribution in [2.75, 3.05) is 0 Å². The highest BCUT2D eigenvalue weighted by Gasteiger charge is 2.22. The van der Waals surface area contributed by atoms with E-state index in [9.17, 15) is 18.4 Å². The molecule has 0 aromatic heterocycles. The van der Waals surface area contributed by atoms with Gasteiger partial charge >= 0.3 is 5.97 Å². The maximum Gasteiger partial charge on any atom is 0.326 e. The zero-order valence-electron chi connectivity index (χ0n) is 13.3. The van der Waals surface area contributed by atoms with Crippen LogP contribution in [0.15, 0.2) is 18.2 Å². The second-order valence-corrected chi connectivity index (χ2v) is 5.52. The molecule has 4 nitrogen and oxygen atoms in total. The van der Waals surface area contributed by atoms with E-state index in [1.54, 1.807) is 0 Å². The van der Waals surface area contributed by atoms with Crippen LogP contribution in [0, 0.1) is 11.6 Å². The van der Waals surface area contributed by atoms with E-state index >= 15 is 0 Å². The van der Waals surface area contributed by atoms with Crippen LogP contribution in [0.2, 0.25) is 0 Å². The second kappa shape index (κ2) is 9.92. The minimum Gasteiger partial charge on any atom is -0.480 e. The molecule has 1 aromatic rings. The number of carbonyl (C=O) groups excluding carboxylic acids is 1.